The summed E-state index contributed by atoms with van der Waals surface area (Å²) in [6.45, 7) is 0. The first-order valence-electron chi connectivity index (χ1n) is 5.50. The third kappa shape index (κ3) is 2.79. The minimum Gasteiger partial charge on any atom is -0.408 e. The van der Waals surface area contributed by atoms with Gasteiger partial charge < -0.3 is 4.52 Å². The molecule has 0 atom stereocenters. The van der Waals surface area contributed by atoms with Gasteiger partial charge in [0.05, 0.1) is 0 Å². The fourth-order valence-electron chi connectivity index (χ4n) is 2.28. The summed E-state index contributed by atoms with van der Waals surface area (Å²) < 4.78 is 15.1. The van der Waals surface area contributed by atoms with Crippen LogP contribution < -0.4 is 4.52 Å². The topological polar surface area (TPSA) is 26.3 Å². The predicted octanol–water partition coefficient (Wildman–Crippen LogP) is 4.32. The number of benzene rings is 1. The Morgan fingerprint density at radius 2 is 1.73 bits per heavy atom. The van der Waals surface area contributed by atoms with E-state index >= 15 is 0 Å². The highest BCUT2D eigenvalue weighted by Crippen LogP contribution is 2.33. The lowest BCUT2D eigenvalue weighted by Crippen LogP contribution is -2.03. The second-order valence-electron chi connectivity index (χ2n) is 4.07. The van der Waals surface area contributed by atoms with E-state index in [1.807, 2.05) is 12.1 Å². The molecule has 0 aliphatic heterocycles. The van der Waals surface area contributed by atoms with Crippen LogP contribution in [0.5, 0.6) is 5.75 Å². The lowest BCUT2D eigenvalue weighted by molar-refractivity contribution is 0.443. The summed E-state index contributed by atoms with van der Waals surface area (Å²) in [6, 6.07) is 7.98. The molecule has 0 N–H and O–H groups in total. The zero-order valence-electron chi connectivity index (χ0n) is 8.69. The van der Waals surface area contributed by atoms with E-state index in [4.69, 9.17) is 4.52 Å². The normalized spacial score (nSPS) is 17.9. The summed E-state index contributed by atoms with van der Waals surface area (Å²) >= 11 is 0. The molecular formula is C12H15O2P. The summed E-state index contributed by atoms with van der Waals surface area (Å²) in [6.07, 6.45) is 6.69. The number of hydrogen-bond donors (Lipinski definition) is 0. The van der Waals surface area contributed by atoms with E-state index < -0.39 is 0 Å². The maximum atomic E-state index is 10.2. The molecule has 80 valence electrons. The van der Waals surface area contributed by atoms with Crippen molar-refractivity contribution in [2.75, 3.05) is 0 Å². The van der Waals surface area contributed by atoms with Crippen LogP contribution in [-0.4, -0.2) is 0 Å². The van der Waals surface area contributed by atoms with Crippen LogP contribution in [-0.2, 0) is 4.57 Å². The molecule has 1 aliphatic carbocycles. The molecule has 0 saturated heterocycles. The van der Waals surface area contributed by atoms with Crippen LogP contribution in [0.25, 0.3) is 0 Å². The molecule has 3 heteroatoms. The lowest BCUT2D eigenvalue weighted by Gasteiger charge is -2.21. The Morgan fingerprint density at radius 1 is 1.07 bits per heavy atom. The molecule has 1 aromatic carbocycles. The Hall–Kier alpha value is -0.880. The highest BCUT2D eigenvalue weighted by molar-refractivity contribution is 7.17. The molecule has 1 fully saturated rings. The van der Waals surface area contributed by atoms with Crippen LogP contribution >= 0.6 is 8.69 Å². The molecule has 1 saturated carbocycles. The van der Waals surface area contributed by atoms with Crippen LogP contribution in [0.4, 0.5) is 0 Å². The molecule has 0 heterocycles. The first kappa shape index (κ1) is 10.6. The van der Waals surface area contributed by atoms with E-state index in [-0.39, 0.29) is 8.69 Å². The quantitative estimate of drug-likeness (QED) is 0.712. The van der Waals surface area contributed by atoms with Gasteiger partial charge in [-0.15, -0.1) is 0 Å². The van der Waals surface area contributed by atoms with Crippen molar-refractivity contribution < 1.29 is 9.09 Å². The van der Waals surface area contributed by atoms with Gasteiger partial charge in [-0.25, -0.2) is 4.57 Å². The molecule has 2 rings (SSSR count). The van der Waals surface area contributed by atoms with Crippen molar-refractivity contribution in [1.29, 1.82) is 0 Å². The minimum absolute atomic E-state index is 0.283. The maximum absolute atomic E-state index is 10.2. The van der Waals surface area contributed by atoms with Crippen molar-refractivity contribution in [2.24, 2.45) is 0 Å². The first-order valence-corrected chi connectivity index (χ1v) is 6.23. The third-order valence-electron chi connectivity index (χ3n) is 3.10. The Morgan fingerprint density at radius 3 is 2.33 bits per heavy atom. The van der Waals surface area contributed by atoms with Gasteiger partial charge in [0.2, 0.25) is 0 Å². The smallest absolute Gasteiger partial charge is 0.395 e. The highest BCUT2D eigenvalue weighted by Gasteiger charge is 2.14. The van der Waals surface area contributed by atoms with Gasteiger partial charge in [-0.3, -0.25) is 0 Å². The van der Waals surface area contributed by atoms with Gasteiger partial charge in [0.1, 0.15) is 5.75 Å². The zero-order chi connectivity index (χ0) is 10.5. The third-order valence-corrected chi connectivity index (χ3v) is 3.38. The maximum Gasteiger partial charge on any atom is 0.395 e. The summed E-state index contributed by atoms with van der Waals surface area (Å²) in [4.78, 5) is 0. The molecule has 0 radical (unpaired) electrons. The molecule has 0 bridgehead atoms. The van der Waals surface area contributed by atoms with Crippen LogP contribution in [0.2, 0.25) is 0 Å². The van der Waals surface area contributed by atoms with E-state index in [1.54, 1.807) is 0 Å². The van der Waals surface area contributed by atoms with E-state index in [9.17, 15) is 4.57 Å². The molecule has 0 aromatic heterocycles. The van der Waals surface area contributed by atoms with Crippen LogP contribution in [0, 0.1) is 0 Å². The van der Waals surface area contributed by atoms with Crippen LogP contribution in [0.15, 0.2) is 24.3 Å². The zero-order valence-corrected chi connectivity index (χ0v) is 9.58. The molecule has 15 heavy (non-hydrogen) atoms. The standard InChI is InChI=1S/C12H15O2P/c13-15-14-12-8-6-11(7-9-12)10-4-2-1-3-5-10/h6-10H,1-5H2. The summed E-state index contributed by atoms with van der Waals surface area (Å²) in [5.74, 6) is 1.39. The summed E-state index contributed by atoms with van der Waals surface area (Å²) in [7, 11) is -0.283. The molecule has 0 unspecified atom stereocenters. The van der Waals surface area contributed by atoms with Gasteiger partial charge >= 0.3 is 8.69 Å². The fraction of sp³-hybridized carbons (Fsp3) is 0.500. The van der Waals surface area contributed by atoms with Crippen molar-refractivity contribution in [2.45, 2.75) is 38.0 Å². The highest BCUT2D eigenvalue weighted by atomic mass is 31.1. The molecule has 2 nitrogen and oxygen atoms in total. The Kier molecular flexibility index (Phi) is 3.74. The van der Waals surface area contributed by atoms with Crippen molar-refractivity contribution in [3.63, 3.8) is 0 Å². The van der Waals surface area contributed by atoms with Gasteiger partial charge in [0.25, 0.3) is 0 Å². The molecule has 1 aromatic rings. The second kappa shape index (κ2) is 5.27. The van der Waals surface area contributed by atoms with Crippen molar-refractivity contribution in [1.82, 2.24) is 0 Å². The SMILES string of the molecule is O=POc1ccc(C2CCCCC2)cc1. The molecule has 1 aliphatic rings. The molecular weight excluding hydrogens is 207 g/mol. The van der Waals surface area contributed by atoms with Crippen molar-refractivity contribution in [3.05, 3.63) is 29.8 Å². The second-order valence-corrected chi connectivity index (χ2v) is 4.40. The Balaban J connectivity index is 2.04. The average Bonchev–Trinajstić information content (AvgIpc) is 2.32. The number of hydrogen-bond acceptors (Lipinski definition) is 2. The summed E-state index contributed by atoms with van der Waals surface area (Å²) in [5.41, 5.74) is 1.39. The molecule has 0 amide bonds. The van der Waals surface area contributed by atoms with Crippen LogP contribution in [0.1, 0.15) is 43.6 Å². The van der Waals surface area contributed by atoms with E-state index in [0.29, 0.717) is 5.75 Å². The van der Waals surface area contributed by atoms with Crippen molar-refractivity contribution >= 4 is 8.69 Å². The monoisotopic (exact) mass is 222 g/mol. The lowest BCUT2D eigenvalue weighted by atomic mass is 9.84. The van der Waals surface area contributed by atoms with E-state index in [0.717, 1.165) is 5.92 Å². The van der Waals surface area contributed by atoms with Gasteiger partial charge in [-0.2, -0.15) is 0 Å². The summed E-state index contributed by atoms with van der Waals surface area (Å²) in [5, 5.41) is 0. The largest absolute Gasteiger partial charge is 0.408 e. The predicted molar refractivity (Wildman–Crippen MR) is 60.5 cm³/mol. The van der Waals surface area contributed by atoms with Crippen LogP contribution in [0.3, 0.4) is 0 Å². The van der Waals surface area contributed by atoms with E-state index in [2.05, 4.69) is 12.1 Å². The minimum atomic E-state index is -0.283. The van der Waals surface area contributed by atoms with Gasteiger partial charge in [-0.1, -0.05) is 31.4 Å². The van der Waals surface area contributed by atoms with Gasteiger partial charge in [-0.05, 0) is 36.5 Å². The first-order chi connectivity index (χ1) is 7.40. The Bertz CT molecular complexity index is 315. The van der Waals surface area contributed by atoms with Gasteiger partial charge in [0, 0.05) is 0 Å². The average molecular weight is 222 g/mol. The number of rotatable bonds is 3. The van der Waals surface area contributed by atoms with Crippen molar-refractivity contribution in [3.8, 4) is 5.75 Å². The Labute approximate surface area is 91.9 Å². The molecule has 0 spiro atoms. The van der Waals surface area contributed by atoms with E-state index in [1.165, 1.54) is 37.7 Å². The fourth-order valence-corrected chi connectivity index (χ4v) is 2.49. The van der Waals surface area contributed by atoms with Gasteiger partial charge in [0.15, 0.2) is 0 Å².